The summed E-state index contributed by atoms with van der Waals surface area (Å²) in [7, 11) is 3.05. The van der Waals surface area contributed by atoms with Gasteiger partial charge in [0.25, 0.3) is 5.69 Å². The average Bonchev–Trinajstić information content (AvgIpc) is 2.46. The molecule has 1 aromatic heterocycles. The Morgan fingerprint density at radius 2 is 1.95 bits per heavy atom. The molecular formula is C12H17N3O6. The van der Waals surface area contributed by atoms with E-state index in [2.05, 4.69) is 4.98 Å². The Kier molecular flexibility index (Phi) is 6.50. The minimum absolute atomic E-state index is 0.155. The Bertz CT molecular complexity index is 500. The summed E-state index contributed by atoms with van der Waals surface area (Å²) in [6, 6.07) is 0.997. The number of anilines is 1. The first-order valence-corrected chi connectivity index (χ1v) is 6.11. The summed E-state index contributed by atoms with van der Waals surface area (Å²) < 4.78 is 9.94. The molecule has 0 amide bonds. The molecule has 0 aromatic carbocycles. The number of nitro groups is 1. The van der Waals surface area contributed by atoms with Crippen molar-refractivity contribution in [3.05, 3.63) is 27.9 Å². The number of ether oxygens (including phenoxy) is 2. The van der Waals surface area contributed by atoms with Crippen LogP contribution in [-0.4, -0.2) is 61.5 Å². The van der Waals surface area contributed by atoms with Crippen molar-refractivity contribution in [2.45, 2.75) is 0 Å². The fourth-order valence-electron chi connectivity index (χ4n) is 1.68. The van der Waals surface area contributed by atoms with Crippen LogP contribution in [0, 0.1) is 10.1 Å². The van der Waals surface area contributed by atoms with Crippen molar-refractivity contribution in [1.29, 1.82) is 0 Å². The molecule has 0 spiro atoms. The van der Waals surface area contributed by atoms with Crippen molar-refractivity contribution < 1.29 is 24.3 Å². The molecule has 1 N–H and O–H groups in total. The van der Waals surface area contributed by atoms with Gasteiger partial charge >= 0.3 is 5.97 Å². The van der Waals surface area contributed by atoms with E-state index >= 15 is 0 Å². The van der Waals surface area contributed by atoms with Gasteiger partial charge < -0.3 is 19.5 Å². The third-order valence-corrected chi connectivity index (χ3v) is 2.72. The van der Waals surface area contributed by atoms with E-state index in [0.717, 1.165) is 12.3 Å². The summed E-state index contributed by atoms with van der Waals surface area (Å²) in [5, 5.41) is 19.9. The molecule has 0 unspecified atom stereocenters. The maximum absolute atomic E-state index is 11.3. The second-order valence-electron chi connectivity index (χ2n) is 4.10. The Morgan fingerprint density at radius 3 is 2.38 bits per heavy atom. The molecule has 0 saturated heterocycles. The summed E-state index contributed by atoms with van der Waals surface area (Å²) in [5.41, 5.74) is -0.592. The molecule has 21 heavy (non-hydrogen) atoms. The highest BCUT2D eigenvalue weighted by atomic mass is 16.6. The van der Waals surface area contributed by atoms with Crippen LogP contribution in [0.3, 0.4) is 0 Å². The van der Waals surface area contributed by atoms with E-state index in [1.807, 2.05) is 0 Å². The minimum atomic E-state index is -1.28. The first-order chi connectivity index (χ1) is 10.0. The van der Waals surface area contributed by atoms with Crippen LogP contribution < -0.4 is 4.90 Å². The normalized spacial score (nSPS) is 10.4. The zero-order valence-corrected chi connectivity index (χ0v) is 11.8. The van der Waals surface area contributed by atoms with Crippen LogP contribution in [0.4, 0.5) is 11.5 Å². The highest BCUT2D eigenvalue weighted by molar-refractivity contribution is 5.94. The summed E-state index contributed by atoms with van der Waals surface area (Å²) in [4.78, 5) is 26.9. The molecule has 1 rings (SSSR count). The van der Waals surface area contributed by atoms with Gasteiger partial charge in [-0.3, -0.25) is 10.1 Å². The van der Waals surface area contributed by atoms with Gasteiger partial charge in [0.05, 0.1) is 18.1 Å². The lowest BCUT2D eigenvalue weighted by Crippen LogP contribution is -2.32. The number of carboxylic acid groups (broad SMARTS) is 1. The predicted molar refractivity (Wildman–Crippen MR) is 73.8 cm³/mol. The largest absolute Gasteiger partial charge is 0.478 e. The van der Waals surface area contributed by atoms with Crippen LogP contribution in [-0.2, 0) is 9.47 Å². The van der Waals surface area contributed by atoms with E-state index in [1.165, 1.54) is 14.2 Å². The predicted octanol–water partition coefficient (Wildman–Crippen LogP) is 0.787. The van der Waals surface area contributed by atoms with Gasteiger partial charge in [-0.25, -0.2) is 9.78 Å². The van der Waals surface area contributed by atoms with Crippen molar-refractivity contribution in [2.24, 2.45) is 0 Å². The van der Waals surface area contributed by atoms with Gasteiger partial charge in [0, 0.05) is 33.4 Å². The highest BCUT2D eigenvalue weighted by Crippen LogP contribution is 2.22. The smallest absolute Gasteiger partial charge is 0.339 e. The molecule has 9 heteroatoms. The topological polar surface area (TPSA) is 115 Å². The minimum Gasteiger partial charge on any atom is -0.478 e. The standard InChI is InChI=1S/C12H17N3O6/c1-20-5-3-14(4-6-21-2)11-10(12(16)17)7-9(8-13-11)15(18)19/h7-8H,3-6H2,1-2H3,(H,16,17). The van der Waals surface area contributed by atoms with Gasteiger partial charge in [0.15, 0.2) is 0 Å². The Hall–Kier alpha value is -2.26. The number of hydrogen-bond donors (Lipinski definition) is 1. The fourth-order valence-corrected chi connectivity index (χ4v) is 1.68. The van der Waals surface area contributed by atoms with Gasteiger partial charge in [0.2, 0.25) is 0 Å². The average molecular weight is 299 g/mol. The fraction of sp³-hybridized carbons (Fsp3) is 0.500. The Balaban J connectivity index is 3.15. The molecule has 9 nitrogen and oxygen atoms in total. The lowest BCUT2D eigenvalue weighted by atomic mass is 10.2. The molecule has 1 heterocycles. The maximum Gasteiger partial charge on any atom is 0.339 e. The summed E-state index contributed by atoms with van der Waals surface area (Å²) >= 11 is 0. The summed E-state index contributed by atoms with van der Waals surface area (Å²) in [6.45, 7) is 1.51. The maximum atomic E-state index is 11.3. The van der Waals surface area contributed by atoms with E-state index in [9.17, 15) is 20.0 Å². The Labute approximate surface area is 121 Å². The number of hydrogen-bond acceptors (Lipinski definition) is 7. The summed E-state index contributed by atoms with van der Waals surface area (Å²) in [5.74, 6) is -1.12. The van der Waals surface area contributed by atoms with Crippen LogP contribution in [0.5, 0.6) is 0 Å². The zero-order valence-electron chi connectivity index (χ0n) is 11.8. The van der Waals surface area contributed by atoms with Crippen LogP contribution in [0.25, 0.3) is 0 Å². The number of aromatic nitrogens is 1. The van der Waals surface area contributed by atoms with Gasteiger partial charge in [-0.1, -0.05) is 0 Å². The van der Waals surface area contributed by atoms with E-state index in [-0.39, 0.29) is 17.1 Å². The second kappa shape index (κ2) is 8.12. The number of methoxy groups -OCH3 is 2. The highest BCUT2D eigenvalue weighted by Gasteiger charge is 2.21. The van der Waals surface area contributed by atoms with Crippen LogP contribution in [0.15, 0.2) is 12.3 Å². The van der Waals surface area contributed by atoms with Crippen molar-refractivity contribution in [3.63, 3.8) is 0 Å². The van der Waals surface area contributed by atoms with Gasteiger partial charge in [-0.05, 0) is 0 Å². The third-order valence-electron chi connectivity index (χ3n) is 2.72. The molecule has 1 aromatic rings. The number of pyridine rings is 1. The van der Waals surface area contributed by atoms with E-state index in [4.69, 9.17) is 9.47 Å². The van der Waals surface area contributed by atoms with Crippen LogP contribution in [0.1, 0.15) is 10.4 Å². The molecule has 0 aliphatic carbocycles. The monoisotopic (exact) mass is 299 g/mol. The lowest BCUT2D eigenvalue weighted by molar-refractivity contribution is -0.385. The van der Waals surface area contributed by atoms with Crippen molar-refractivity contribution in [2.75, 3.05) is 45.4 Å². The molecule has 0 bridgehead atoms. The molecule has 0 radical (unpaired) electrons. The lowest BCUT2D eigenvalue weighted by Gasteiger charge is -2.24. The molecule has 0 fully saturated rings. The first-order valence-electron chi connectivity index (χ1n) is 6.11. The third kappa shape index (κ3) is 4.65. The van der Waals surface area contributed by atoms with Crippen molar-refractivity contribution in [3.8, 4) is 0 Å². The van der Waals surface area contributed by atoms with E-state index in [0.29, 0.717) is 26.3 Å². The molecule has 116 valence electrons. The van der Waals surface area contributed by atoms with Crippen molar-refractivity contribution >= 4 is 17.5 Å². The van der Waals surface area contributed by atoms with Crippen molar-refractivity contribution in [1.82, 2.24) is 4.98 Å². The molecule has 0 saturated carbocycles. The number of nitrogens with zero attached hydrogens (tertiary/aromatic N) is 3. The molecule has 0 aliphatic rings. The summed E-state index contributed by atoms with van der Waals surface area (Å²) in [6.07, 6.45) is 1.04. The number of carbonyl (C=O) groups is 1. The van der Waals surface area contributed by atoms with Crippen LogP contribution in [0.2, 0.25) is 0 Å². The number of carboxylic acids is 1. The van der Waals surface area contributed by atoms with E-state index < -0.39 is 10.9 Å². The quantitative estimate of drug-likeness (QED) is 0.525. The van der Waals surface area contributed by atoms with Crippen LogP contribution >= 0.6 is 0 Å². The first kappa shape index (κ1) is 16.8. The number of aromatic carboxylic acids is 1. The molecule has 0 atom stereocenters. The zero-order chi connectivity index (χ0) is 15.8. The SMILES string of the molecule is COCCN(CCOC)c1ncc([N+](=O)[O-])cc1C(=O)O. The van der Waals surface area contributed by atoms with Gasteiger partial charge in [-0.2, -0.15) is 0 Å². The van der Waals surface area contributed by atoms with Gasteiger partial charge in [-0.15, -0.1) is 0 Å². The van der Waals surface area contributed by atoms with E-state index in [1.54, 1.807) is 4.90 Å². The number of rotatable bonds is 9. The second-order valence-corrected chi connectivity index (χ2v) is 4.10. The van der Waals surface area contributed by atoms with Gasteiger partial charge in [0.1, 0.15) is 17.6 Å². The Morgan fingerprint density at radius 1 is 1.38 bits per heavy atom. The molecule has 0 aliphatic heterocycles. The molecular weight excluding hydrogens is 282 g/mol.